The van der Waals surface area contributed by atoms with Crippen LogP contribution in [-0.4, -0.2) is 12.1 Å². The maximum Gasteiger partial charge on any atom is 0.183 e. The van der Waals surface area contributed by atoms with Gasteiger partial charge in [-0.1, -0.05) is 23.2 Å². The fraction of sp³-hybridized carbons (Fsp3) is 0.250. The maximum atomic E-state index is 6.10. The van der Waals surface area contributed by atoms with Crippen LogP contribution in [0.1, 0.15) is 10.4 Å². The lowest BCUT2D eigenvalue weighted by atomic mass is 10.2. The van der Waals surface area contributed by atoms with Crippen molar-refractivity contribution in [1.82, 2.24) is 4.98 Å². The van der Waals surface area contributed by atoms with E-state index in [2.05, 4.69) is 10.3 Å². The van der Waals surface area contributed by atoms with Crippen LogP contribution in [0.15, 0.2) is 18.3 Å². The monoisotopic (exact) mass is 302 g/mol. The second-order valence-electron chi connectivity index (χ2n) is 3.73. The molecule has 0 amide bonds. The Kier molecular flexibility index (Phi) is 4.32. The van der Waals surface area contributed by atoms with Crippen molar-refractivity contribution in [3.63, 3.8) is 0 Å². The van der Waals surface area contributed by atoms with Gasteiger partial charge in [-0.25, -0.2) is 4.98 Å². The zero-order valence-corrected chi connectivity index (χ0v) is 12.3. The highest BCUT2D eigenvalue weighted by molar-refractivity contribution is 7.15. The Balaban J connectivity index is 2.15. The molecule has 0 atom stereocenters. The number of rotatable bonds is 4. The topological polar surface area (TPSA) is 34.1 Å². The lowest BCUT2D eigenvalue weighted by Gasteiger charge is -2.12. The molecule has 0 radical (unpaired) electrons. The molecule has 1 aromatic heterocycles. The number of thiazole rings is 1. The lowest BCUT2D eigenvalue weighted by molar-refractivity contribution is 0.416. The minimum Gasteiger partial charge on any atom is -0.495 e. The molecule has 0 unspecified atom stereocenters. The van der Waals surface area contributed by atoms with Gasteiger partial charge in [0.25, 0.3) is 0 Å². The number of ether oxygens (including phenoxy) is 1. The van der Waals surface area contributed by atoms with Gasteiger partial charge < -0.3 is 10.1 Å². The van der Waals surface area contributed by atoms with Crippen LogP contribution in [0.4, 0.5) is 5.69 Å². The lowest BCUT2D eigenvalue weighted by Crippen LogP contribution is -2.00. The van der Waals surface area contributed by atoms with Crippen molar-refractivity contribution in [1.29, 1.82) is 0 Å². The highest BCUT2D eigenvalue weighted by Gasteiger charge is 2.07. The van der Waals surface area contributed by atoms with Crippen LogP contribution in [0.2, 0.25) is 9.49 Å². The summed E-state index contributed by atoms with van der Waals surface area (Å²) in [4.78, 5) is 5.04. The molecule has 0 saturated carbocycles. The zero-order chi connectivity index (χ0) is 13.1. The molecule has 0 aliphatic heterocycles. The van der Waals surface area contributed by atoms with E-state index in [1.807, 2.05) is 19.1 Å². The van der Waals surface area contributed by atoms with Crippen molar-refractivity contribution >= 4 is 40.2 Å². The molecule has 1 heterocycles. The summed E-state index contributed by atoms with van der Waals surface area (Å²) in [5, 5.41) is 3.97. The summed E-state index contributed by atoms with van der Waals surface area (Å²) >= 11 is 13.3. The third kappa shape index (κ3) is 3.07. The fourth-order valence-corrected chi connectivity index (χ4v) is 2.59. The Morgan fingerprint density at radius 1 is 1.39 bits per heavy atom. The predicted molar refractivity (Wildman–Crippen MR) is 77.2 cm³/mol. The number of nitrogens with zero attached hydrogens (tertiary/aromatic N) is 1. The van der Waals surface area contributed by atoms with Gasteiger partial charge in [0, 0.05) is 16.1 Å². The van der Waals surface area contributed by atoms with Crippen LogP contribution in [-0.2, 0) is 6.54 Å². The summed E-state index contributed by atoms with van der Waals surface area (Å²) < 4.78 is 5.86. The molecule has 3 nitrogen and oxygen atoms in total. The summed E-state index contributed by atoms with van der Waals surface area (Å²) in [5.41, 5.74) is 1.84. The Morgan fingerprint density at radius 3 is 2.78 bits per heavy atom. The van der Waals surface area contributed by atoms with Gasteiger partial charge in [0.15, 0.2) is 4.47 Å². The van der Waals surface area contributed by atoms with E-state index in [9.17, 15) is 0 Å². The molecule has 0 fully saturated rings. The van der Waals surface area contributed by atoms with E-state index in [-0.39, 0.29) is 0 Å². The largest absolute Gasteiger partial charge is 0.495 e. The predicted octanol–water partition coefficient (Wildman–Crippen LogP) is 4.38. The number of aryl methyl sites for hydroxylation is 1. The Labute approximate surface area is 120 Å². The molecule has 0 bridgehead atoms. The van der Waals surface area contributed by atoms with Crippen LogP contribution in [0.25, 0.3) is 0 Å². The minimum absolute atomic E-state index is 0.542. The second kappa shape index (κ2) is 5.78. The summed E-state index contributed by atoms with van der Waals surface area (Å²) in [7, 11) is 1.64. The molecule has 0 aliphatic carbocycles. The minimum atomic E-state index is 0.542. The van der Waals surface area contributed by atoms with Gasteiger partial charge in [0.1, 0.15) is 5.75 Å². The molecule has 18 heavy (non-hydrogen) atoms. The number of nitrogens with one attached hydrogen (secondary N) is 1. The zero-order valence-electron chi connectivity index (χ0n) is 9.96. The number of benzene rings is 1. The quantitative estimate of drug-likeness (QED) is 0.910. The third-order valence-corrected chi connectivity index (χ3v) is 3.98. The SMILES string of the molecule is COc1cc(C)c(Cl)cc1NCc1cnc(Cl)s1. The van der Waals surface area contributed by atoms with E-state index in [1.165, 1.54) is 11.3 Å². The highest BCUT2D eigenvalue weighted by atomic mass is 35.5. The highest BCUT2D eigenvalue weighted by Crippen LogP contribution is 2.31. The molecular formula is C12H12Cl2N2OS. The van der Waals surface area contributed by atoms with Gasteiger partial charge in [-0.2, -0.15) is 0 Å². The fourth-order valence-electron chi connectivity index (χ4n) is 1.51. The molecule has 2 aromatic rings. The summed E-state index contributed by atoms with van der Waals surface area (Å²) in [6.45, 7) is 2.58. The first-order chi connectivity index (χ1) is 8.60. The van der Waals surface area contributed by atoms with Crippen molar-refractivity contribution in [3.8, 4) is 5.75 Å². The molecule has 6 heteroatoms. The van der Waals surface area contributed by atoms with Crippen LogP contribution in [0.3, 0.4) is 0 Å². The average Bonchev–Trinajstić information content (AvgIpc) is 2.76. The normalized spacial score (nSPS) is 10.4. The van der Waals surface area contributed by atoms with Crippen LogP contribution in [0.5, 0.6) is 5.75 Å². The van der Waals surface area contributed by atoms with E-state index >= 15 is 0 Å². The van der Waals surface area contributed by atoms with Gasteiger partial charge in [-0.05, 0) is 24.6 Å². The average molecular weight is 303 g/mol. The Hall–Kier alpha value is -0.970. The molecule has 1 aromatic carbocycles. The van der Waals surface area contributed by atoms with Crippen LogP contribution >= 0.6 is 34.5 Å². The first kappa shape index (κ1) is 13.5. The van der Waals surface area contributed by atoms with Crippen molar-refractivity contribution in [2.75, 3.05) is 12.4 Å². The molecular weight excluding hydrogens is 291 g/mol. The van der Waals surface area contributed by atoms with Gasteiger partial charge in [0.05, 0.1) is 19.3 Å². The summed E-state index contributed by atoms with van der Waals surface area (Å²) in [5.74, 6) is 0.771. The van der Waals surface area contributed by atoms with E-state index in [0.717, 1.165) is 21.9 Å². The van der Waals surface area contributed by atoms with Gasteiger partial charge in [-0.15, -0.1) is 11.3 Å². The van der Waals surface area contributed by atoms with Gasteiger partial charge in [0.2, 0.25) is 0 Å². The molecule has 0 spiro atoms. The number of hydrogen-bond acceptors (Lipinski definition) is 4. The molecule has 0 aliphatic rings. The number of hydrogen-bond donors (Lipinski definition) is 1. The number of halogens is 2. The second-order valence-corrected chi connectivity index (χ2v) is 5.84. The molecule has 1 N–H and O–H groups in total. The van der Waals surface area contributed by atoms with E-state index < -0.39 is 0 Å². The van der Waals surface area contributed by atoms with Gasteiger partial charge in [-0.3, -0.25) is 0 Å². The van der Waals surface area contributed by atoms with E-state index in [4.69, 9.17) is 27.9 Å². The number of anilines is 1. The van der Waals surface area contributed by atoms with Crippen molar-refractivity contribution in [2.45, 2.75) is 13.5 Å². The first-order valence-corrected chi connectivity index (χ1v) is 6.85. The third-order valence-electron chi connectivity index (χ3n) is 2.46. The summed E-state index contributed by atoms with van der Waals surface area (Å²) in [6.07, 6.45) is 1.75. The Morgan fingerprint density at radius 2 is 2.17 bits per heavy atom. The molecule has 96 valence electrons. The van der Waals surface area contributed by atoms with Crippen molar-refractivity contribution < 1.29 is 4.74 Å². The van der Waals surface area contributed by atoms with Gasteiger partial charge >= 0.3 is 0 Å². The summed E-state index contributed by atoms with van der Waals surface area (Å²) in [6, 6.07) is 3.77. The van der Waals surface area contributed by atoms with Crippen molar-refractivity contribution in [3.05, 3.63) is 38.3 Å². The Bertz CT molecular complexity index is 557. The smallest absolute Gasteiger partial charge is 0.183 e. The van der Waals surface area contributed by atoms with Crippen LogP contribution < -0.4 is 10.1 Å². The molecule has 0 saturated heterocycles. The first-order valence-electron chi connectivity index (χ1n) is 5.28. The standard InChI is InChI=1S/C12H12Cl2N2OS/c1-7-3-11(17-2)10(4-9(7)13)15-5-8-6-16-12(14)18-8/h3-4,6,15H,5H2,1-2H3. The van der Waals surface area contributed by atoms with Crippen LogP contribution in [0, 0.1) is 6.92 Å². The number of methoxy groups -OCH3 is 1. The van der Waals surface area contributed by atoms with E-state index in [1.54, 1.807) is 13.3 Å². The number of aromatic nitrogens is 1. The van der Waals surface area contributed by atoms with E-state index in [0.29, 0.717) is 16.0 Å². The molecule has 2 rings (SSSR count). The maximum absolute atomic E-state index is 6.10. The van der Waals surface area contributed by atoms with Crippen molar-refractivity contribution in [2.24, 2.45) is 0 Å².